The molecule has 1 nitrogen and oxygen atoms in total. The van der Waals surface area contributed by atoms with Crippen molar-refractivity contribution in [2.24, 2.45) is 0 Å². The lowest BCUT2D eigenvalue weighted by Crippen LogP contribution is -2.28. The predicted molar refractivity (Wildman–Crippen MR) is 79.1 cm³/mol. The fraction of sp³-hybridized carbons (Fsp3) is 0.429. The van der Waals surface area contributed by atoms with Crippen molar-refractivity contribution in [1.29, 1.82) is 0 Å². The molecule has 3 heteroatoms. The molecule has 17 heavy (non-hydrogen) atoms. The van der Waals surface area contributed by atoms with E-state index in [1.807, 2.05) is 37.0 Å². The fourth-order valence-corrected chi connectivity index (χ4v) is 2.81. The van der Waals surface area contributed by atoms with Crippen molar-refractivity contribution in [3.63, 3.8) is 0 Å². The van der Waals surface area contributed by atoms with Crippen molar-refractivity contribution in [2.45, 2.75) is 30.7 Å². The summed E-state index contributed by atoms with van der Waals surface area (Å²) in [5.41, 5.74) is 1.30. The summed E-state index contributed by atoms with van der Waals surface area (Å²) in [7, 11) is 2.01. The molecule has 1 N–H and O–H groups in total. The van der Waals surface area contributed by atoms with Crippen molar-refractivity contribution >= 4 is 23.4 Å². The highest BCUT2D eigenvalue weighted by molar-refractivity contribution is 7.99. The van der Waals surface area contributed by atoms with E-state index >= 15 is 0 Å². The van der Waals surface area contributed by atoms with Crippen LogP contribution in [0.4, 0.5) is 0 Å². The molecule has 0 saturated heterocycles. The van der Waals surface area contributed by atoms with E-state index < -0.39 is 0 Å². The van der Waals surface area contributed by atoms with E-state index in [2.05, 4.69) is 24.9 Å². The molecule has 94 valence electrons. The molecule has 0 aliphatic rings. The van der Waals surface area contributed by atoms with Gasteiger partial charge >= 0.3 is 0 Å². The van der Waals surface area contributed by atoms with Crippen LogP contribution >= 0.6 is 23.4 Å². The summed E-state index contributed by atoms with van der Waals surface area (Å²) in [5.74, 6) is 1.04. The molecular formula is C14H20ClNS. The van der Waals surface area contributed by atoms with Gasteiger partial charge in [0.15, 0.2) is 0 Å². The summed E-state index contributed by atoms with van der Waals surface area (Å²) < 4.78 is 0. The number of rotatable bonds is 7. The Bertz CT molecular complexity index is 365. The molecule has 0 heterocycles. The van der Waals surface area contributed by atoms with E-state index in [9.17, 15) is 0 Å². The first-order valence-electron chi connectivity index (χ1n) is 5.88. The van der Waals surface area contributed by atoms with Gasteiger partial charge in [-0.3, -0.25) is 0 Å². The van der Waals surface area contributed by atoms with E-state index in [1.165, 1.54) is 10.5 Å². The van der Waals surface area contributed by atoms with Crippen LogP contribution in [0, 0.1) is 0 Å². The van der Waals surface area contributed by atoms with Gasteiger partial charge in [-0.15, -0.1) is 11.8 Å². The Balaban J connectivity index is 2.44. The molecule has 0 amide bonds. The Morgan fingerprint density at radius 2 is 2.29 bits per heavy atom. The zero-order valence-corrected chi connectivity index (χ0v) is 12.1. The first-order valence-corrected chi connectivity index (χ1v) is 7.24. The highest BCUT2D eigenvalue weighted by Gasteiger charge is 2.08. The van der Waals surface area contributed by atoms with Crippen molar-refractivity contribution < 1.29 is 0 Å². The van der Waals surface area contributed by atoms with Gasteiger partial charge in [-0.05, 0) is 38.1 Å². The molecule has 1 unspecified atom stereocenters. The Kier molecular flexibility index (Phi) is 6.71. The fourth-order valence-electron chi connectivity index (χ4n) is 1.49. The summed E-state index contributed by atoms with van der Waals surface area (Å²) in [5, 5.41) is 4.14. The molecule has 0 aromatic heterocycles. The van der Waals surface area contributed by atoms with Gasteiger partial charge in [-0.2, -0.15) is 0 Å². The average Bonchev–Trinajstić information content (AvgIpc) is 2.34. The van der Waals surface area contributed by atoms with Gasteiger partial charge < -0.3 is 5.32 Å². The molecule has 0 radical (unpaired) electrons. The normalized spacial score (nSPS) is 12.4. The van der Waals surface area contributed by atoms with E-state index in [0.29, 0.717) is 6.04 Å². The van der Waals surface area contributed by atoms with Crippen LogP contribution in [-0.4, -0.2) is 18.8 Å². The maximum absolute atomic E-state index is 5.96. The Labute approximate surface area is 114 Å². The molecule has 1 atom stereocenters. The smallest absolute Gasteiger partial charge is 0.0417 e. The number of hydrogen-bond acceptors (Lipinski definition) is 2. The minimum absolute atomic E-state index is 0.478. The third-order valence-electron chi connectivity index (χ3n) is 2.69. The van der Waals surface area contributed by atoms with Crippen LogP contribution in [0.3, 0.4) is 0 Å². The summed E-state index contributed by atoms with van der Waals surface area (Å²) in [6, 6.07) is 8.47. The van der Waals surface area contributed by atoms with E-state index in [4.69, 9.17) is 11.6 Å². The Morgan fingerprint density at radius 1 is 1.53 bits per heavy atom. The second-order valence-electron chi connectivity index (χ2n) is 4.06. The van der Waals surface area contributed by atoms with Crippen molar-refractivity contribution in [3.8, 4) is 0 Å². The Hall–Kier alpha value is -0.440. The number of thioether (sulfide) groups is 1. The van der Waals surface area contributed by atoms with E-state index in [1.54, 1.807) is 0 Å². The summed E-state index contributed by atoms with van der Waals surface area (Å²) in [4.78, 5) is 1.22. The van der Waals surface area contributed by atoms with Gasteiger partial charge in [-0.25, -0.2) is 0 Å². The lowest BCUT2D eigenvalue weighted by Gasteiger charge is -2.16. The second-order valence-corrected chi connectivity index (χ2v) is 5.59. The zero-order chi connectivity index (χ0) is 12.7. The number of nitrogens with one attached hydrogen (secondary N) is 1. The van der Waals surface area contributed by atoms with Crippen LogP contribution in [0.25, 0.3) is 0 Å². The standard InChI is InChI=1S/C14H20ClNS/c1-4-11(2)8-13(16-3)10-17-14-7-5-6-12(15)9-14/h5-7,9,13,16H,2,4,8,10H2,1,3H3. The van der Waals surface area contributed by atoms with E-state index in [-0.39, 0.29) is 0 Å². The minimum Gasteiger partial charge on any atom is -0.316 e. The van der Waals surface area contributed by atoms with Gasteiger partial charge in [0.25, 0.3) is 0 Å². The minimum atomic E-state index is 0.478. The third-order valence-corrected chi connectivity index (χ3v) is 4.08. The van der Waals surface area contributed by atoms with Crippen LogP contribution in [0.1, 0.15) is 19.8 Å². The molecular weight excluding hydrogens is 250 g/mol. The van der Waals surface area contributed by atoms with Gasteiger partial charge in [0.2, 0.25) is 0 Å². The largest absolute Gasteiger partial charge is 0.316 e. The SMILES string of the molecule is C=C(CC)CC(CSc1cccc(Cl)c1)NC. The number of benzene rings is 1. The van der Waals surface area contributed by atoms with Crippen molar-refractivity contribution in [2.75, 3.05) is 12.8 Å². The number of halogens is 1. The topological polar surface area (TPSA) is 12.0 Å². The molecule has 0 aliphatic carbocycles. The van der Waals surface area contributed by atoms with Gasteiger partial charge in [0, 0.05) is 21.7 Å². The van der Waals surface area contributed by atoms with Gasteiger partial charge in [-0.1, -0.05) is 36.7 Å². The predicted octanol–water partition coefficient (Wildman–Crippen LogP) is 4.38. The highest BCUT2D eigenvalue weighted by Crippen LogP contribution is 2.23. The third kappa shape index (κ3) is 5.62. The van der Waals surface area contributed by atoms with Gasteiger partial charge in [0.1, 0.15) is 0 Å². The maximum Gasteiger partial charge on any atom is 0.0417 e. The van der Waals surface area contributed by atoms with E-state index in [0.717, 1.165) is 23.6 Å². The molecule has 0 bridgehead atoms. The molecule has 1 aromatic rings. The molecule has 1 aromatic carbocycles. The van der Waals surface area contributed by atoms with Crippen LogP contribution in [0.2, 0.25) is 5.02 Å². The molecule has 0 aliphatic heterocycles. The quantitative estimate of drug-likeness (QED) is 0.582. The van der Waals surface area contributed by atoms with Crippen LogP contribution in [0.15, 0.2) is 41.3 Å². The van der Waals surface area contributed by atoms with Crippen LogP contribution in [0.5, 0.6) is 0 Å². The van der Waals surface area contributed by atoms with Crippen LogP contribution in [-0.2, 0) is 0 Å². The zero-order valence-electron chi connectivity index (χ0n) is 10.5. The second kappa shape index (κ2) is 7.80. The first-order chi connectivity index (χ1) is 8.15. The van der Waals surface area contributed by atoms with Crippen molar-refractivity contribution in [3.05, 3.63) is 41.4 Å². The molecule has 1 rings (SSSR count). The summed E-state index contributed by atoms with van der Waals surface area (Å²) in [6.45, 7) is 6.21. The summed E-state index contributed by atoms with van der Waals surface area (Å²) >= 11 is 7.79. The molecule has 0 spiro atoms. The maximum atomic E-state index is 5.96. The summed E-state index contributed by atoms with van der Waals surface area (Å²) in [6.07, 6.45) is 2.10. The van der Waals surface area contributed by atoms with Crippen LogP contribution < -0.4 is 5.32 Å². The average molecular weight is 270 g/mol. The first kappa shape index (κ1) is 14.6. The lowest BCUT2D eigenvalue weighted by atomic mass is 10.1. The monoisotopic (exact) mass is 269 g/mol. The number of hydrogen-bond donors (Lipinski definition) is 1. The molecule has 0 fully saturated rings. The molecule has 0 saturated carbocycles. The van der Waals surface area contributed by atoms with Crippen molar-refractivity contribution in [1.82, 2.24) is 5.32 Å². The highest BCUT2D eigenvalue weighted by atomic mass is 35.5. The van der Waals surface area contributed by atoms with Gasteiger partial charge in [0.05, 0.1) is 0 Å². The lowest BCUT2D eigenvalue weighted by molar-refractivity contribution is 0.607. The Morgan fingerprint density at radius 3 is 2.88 bits per heavy atom.